The van der Waals surface area contributed by atoms with Gasteiger partial charge in [-0.25, -0.2) is 0 Å². The maximum absolute atomic E-state index is 6.04. The molecule has 0 aliphatic rings. The number of aryl methyl sites for hydroxylation is 1. The van der Waals surface area contributed by atoms with Crippen LogP contribution in [0.15, 0.2) is 65.1 Å². The molecular weight excluding hydrogens is 450 g/mol. The number of hydrogen-bond acceptors (Lipinski definition) is 3. The quantitative estimate of drug-likeness (QED) is 0.368. The lowest BCUT2D eigenvalue weighted by Gasteiger charge is -2.15. The minimum atomic E-state index is 0.495. The van der Waals surface area contributed by atoms with Crippen LogP contribution in [0.5, 0.6) is 11.5 Å². The number of halogens is 2. The standard InChI is InChI=1S/C24H25BrClNO2/c1-17-4-3-5-19(12-17)16-29-24-22(25)13-20(14-23(24)28-2)15-27-11-10-18-6-8-21(26)9-7-18/h3-9,12-14,27H,10-11,15-16H2,1-2H3. The first kappa shape index (κ1) is 21.7. The zero-order chi connectivity index (χ0) is 20.6. The first-order valence-corrected chi connectivity index (χ1v) is 10.7. The molecule has 0 fully saturated rings. The van der Waals surface area contributed by atoms with Gasteiger partial charge in [-0.05, 0) is 76.8 Å². The van der Waals surface area contributed by atoms with E-state index in [9.17, 15) is 0 Å². The van der Waals surface area contributed by atoms with Crippen molar-refractivity contribution >= 4 is 27.5 Å². The molecule has 0 aliphatic heterocycles. The Morgan fingerprint density at radius 1 is 0.966 bits per heavy atom. The molecule has 0 aliphatic carbocycles. The molecule has 152 valence electrons. The molecule has 3 rings (SSSR count). The normalized spacial score (nSPS) is 10.8. The van der Waals surface area contributed by atoms with Gasteiger partial charge in [0.25, 0.3) is 0 Å². The molecule has 0 heterocycles. The van der Waals surface area contributed by atoms with Gasteiger partial charge in [0, 0.05) is 11.6 Å². The number of nitrogens with one attached hydrogen (secondary N) is 1. The number of rotatable bonds is 9. The van der Waals surface area contributed by atoms with Crippen LogP contribution < -0.4 is 14.8 Å². The average molecular weight is 475 g/mol. The van der Waals surface area contributed by atoms with Gasteiger partial charge in [0.2, 0.25) is 0 Å². The Morgan fingerprint density at radius 2 is 1.76 bits per heavy atom. The highest BCUT2D eigenvalue weighted by atomic mass is 79.9. The van der Waals surface area contributed by atoms with E-state index in [0.29, 0.717) is 6.61 Å². The van der Waals surface area contributed by atoms with E-state index in [1.165, 1.54) is 11.1 Å². The van der Waals surface area contributed by atoms with Crippen molar-refractivity contribution < 1.29 is 9.47 Å². The highest BCUT2D eigenvalue weighted by Gasteiger charge is 2.12. The summed E-state index contributed by atoms with van der Waals surface area (Å²) in [7, 11) is 1.67. The Morgan fingerprint density at radius 3 is 2.48 bits per heavy atom. The van der Waals surface area contributed by atoms with Gasteiger partial charge in [0.1, 0.15) is 6.61 Å². The van der Waals surface area contributed by atoms with Gasteiger partial charge in [-0.2, -0.15) is 0 Å². The third-order valence-corrected chi connectivity index (χ3v) is 5.43. The molecule has 0 amide bonds. The maximum atomic E-state index is 6.04. The monoisotopic (exact) mass is 473 g/mol. The lowest BCUT2D eigenvalue weighted by molar-refractivity contribution is 0.282. The van der Waals surface area contributed by atoms with Crippen molar-refractivity contribution in [1.29, 1.82) is 0 Å². The summed E-state index contributed by atoms with van der Waals surface area (Å²) in [6.45, 7) is 4.21. The summed E-state index contributed by atoms with van der Waals surface area (Å²) in [4.78, 5) is 0. The van der Waals surface area contributed by atoms with Crippen LogP contribution in [0.3, 0.4) is 0 Å². The van der Waals surface area contributed by atoms with Crippen LogP contribution in [0, 0.1) is 6.92 Å². The van der Waals surface area contributed by atoms with E-state index in [1.54, 1.807) is 7.11 Å². The molecule has 3 nitrogen and oxygen atoms in total. The van der Waals surface area contributed by atoms with E-state index in [-0.39, 0.29) is 0 Å². The molecule has 0 saturated carbocycles. The van der Waals surface area contributed by atoms with Crippen molar-refractivity contribution in [2.75, 3.05) is 13.7 Å². The molecule has 0 radical (unpaired) electrons. The Kier molecular flexibility index (Phi) is 7.99. The van der Waals surface area contributed by atoms with E-state index in [2.05, 4.69) is 64.6 Å². The molecule has 3 aromatic carbocycles. The largest absolute Gasteiger partial charge is 0.493 e. The minimum Gasteiger partial charge on any atom is -0.493 e. The maximum Gasteiger partial charge on any atom is 0.175 e. The lowest BCUT2D eigenvalue weighted by Crippen LogP contribution is -2.16. The van der Waals surface area contributed by atoms with Crippen molar-refractivity contribution in [3.63, 3.8) is 0 Å². The summed E-state index contributed by atoms with van der Waals surface area (Å²) in [6.07, 6.45) is 0.952. The highest BCUT2D eigenvalue weighted by Crippen LogP contribution is 2.37. The number of benzene rings is 3. The Labute approximate surface area is 186 Å². The molecule has 0 unspecified atom stereocenters. The first-order chi connectivity index (χ1) is 14.0. The van der Waals surface area contributed by atoms with Crippen LogP contribution in [0.4, 0.5) is 0 Å². The molecular formula is C24H25BrClNO2. The Bertz CT molecular complexity index is 944. The Hall–Kier alpha value is -2.01. The fourth-order valence-corrected chi connectivity index (χ4v) is 3.82. The number of methoxy groups -OCH3 is 1. The van der Waals surface area contributed by atoms with Gasteiger partial charge in [0.15, 0.2) is 11.5 Å². The zero-order valence-electron chi connectivity index (χ0n) is 16.7. The lowest BCUT2D eigenvalue weighted by atomic mass is 10.1. The molecule has 3 aromatic rings. The van der Waals surface area contributed by atoms with Gasteiger partial charge in [0.05, 0.1) is 11.6 Å². The predicted molar refractivity (Wildman–Crippen MR) is 123 cm³/mol. The van der Waals surface area contributed by atoms with Crippen LogP contribution in [0.25, 0.3) is 0 Å². The van der Waals surface area contributed by atoms with E-state index >= 15 is 0 Å². The molecule has 0 bridgehead atoms. The zero-order valence-corrected chi connectivity index (χ0v) is 19.0. The van der Waals surface area contributed by atoms with E-state index < -0.39 is 0 Å². The number of ether oxygens (including phenoxy) is 2. The second-order valence-corrected chi connectivity index (χ2v) is 8.23. The first-order valence-electron chi connectivity index (χ1n) is 9.55. The third kappa shape index (κ3) is 6.49. The van der Waals surface area contributed by atoms with Crippen LogP contribution in [0.1, 0.15) is 22.3 Å². The summed E-state index contributed by atoms with van der Waals surface area (Å²) in [6, 6.07) is 20.4. The molecule has 0 saturated heterocycles. The molecule has 0 aromatic heterocycles. The van der Waals surface area contributed by atoms with Crippen molar-refractivity contribution in [3.05, 3.63) is 92.4 Å². The fourth-order valence-electron chi connectivity index (χ4n) is 3.09. The summed E-state index contributed by atoms with van der Waals surface area (Å²) in [5.74, 6) is 1.44. The summed E-state index contributed by atoms with van der Waals surface area (Å²) < 4.78 is 12.5. The molecule has 0 spiro atoms. The number of hydrogen-bond donors (Lipinski definition) is 1. The SMILES string of the molecule is COc1cc(CNCCc2ccc(Cl)cc2)cc(Br)c1OCc1cccc(C)c1. The second kappa shape index (κ2) is 10.7. The van der Waals surface area contributed by atoms with Crippen LogP contribution in [-0.2, 0) is 19.6 Å². The highest BCUT2D eigenvalue weighted by molar-refractivity contribution is 9.10. The van der Waals surface area contributed by atoms with E-state index in [4.69, 9.17) is 21.1 Å². The van der Waals surface area contributed by atoms with Gasteiger partial charge in [-0.15, -0.1) is 0 Å². The summed E-state index contributed by atoms with van der Waals surface area (Å²) >= 11 is 9.57. The molecule has 5 heteroatoms. The molecule has 29 heavy (non-hydrogen) atoms. The Balaban J connectivity index is 1.57. The van der Waals surface area contributed by atoms with E-state index in [1.807, 2.05) is 24.3 Å². The topological polar surface area (TPSA) is 30.5 Å². The van der Waals surface area contributed by atoms with Crippen molar-refractivity contribution in [2.45, 2.75) is 26.5 Å². The predicted octanol–water partition coefficient (Wildman–Crippen LogP) is 6.33. The average Bonchev–Trinajstić information content (AvgIpc) is 2.71. The molecule has 0 atom stereocenters. The molecule has 1 N–H and O–H groups in total. The third-order valence-electron chi connectivity index (χ3n) is 4.59. The van der Waals surface area contributed by atoms with Gasteiger partial charge in [-0.1, -0.05) is 53.6 Å². The van der Waals surface area contributed by atoms with Crippen LogP contribution >= 0.6 is 27.5 Å². The van der Waals surface area contributed by atoms with Crippen LogP contribution in [0.2, 0.25) is 5.02 Å². The minimum absolute atomic E-state index is 0.495. The van der Waals surface area contributed by atoms with Gasteiger partial charge >= 0.3 is 0 Å². The second-order valence-electron chi connectivity index (χ2n) is 6.94. The van der Waals surface area contributed by atoms with Crippen molar-refractivity contribution in [2.24, 2.45) is 0 Å². The van der Waals surface area contributed by atoms with Gasteiger partial charge in [-0.3, -0.25) is 0 Å². The smallest absolute Gasteiger partial charge is 0.175 e. The summed E-state index contributed by atoms with van der Waals surface area (Å²) in [5.41, 5.74) is 4.75. The van der Waals surface area contributed by atoms with E-state index in [0.717, 1.165) is 51.6 Å². The van der Waals surface area contributed by atoms with Crippen molar-refractivity contribution in [3.8, 4) is 11.5 Å². The summed E-state index contributed by atoms with van der Waals surface area (Å²) in [5, 5.41) is 4.24. The van der Waals surface area contributed by atoms with Crippen molar-refractivity contribution in [1.82, 2.24) is 5.32 Å². The van der Waals surface area contributed by atoms with Crippen LogP contribution in [-0.4, -0.2) is 13.7 Å². The fraction of sp³-hybridized carbons (Fsp3) is 0.250. The van der Waals surface area contributed by atoms with Gasteiger partial charge < -0.3 is 14.8 Å².